The lowest BCUT2D eigenvalue weighted by Crippen LogP contribution is -2.06. The second-order valence-corrected chi connectivity index (χ2v) is 1.96. The Labute approximate surface area is 56.1 Å². The number of aliphatic hydroxyl groups is 1. The molecule has 1 atom stereocenters. The molecule has 0 bridgehead atoms. The molecule has 0 fully saturated rings. The van der Waals surface area contributed by atoms with Gasteiger partial charge in [0.05, 0.1) is 12.4 Å². The fourth-order valence-corrected chi connectivity index (χ4v) is 0.359. The summed E-state index contributed by atoms with van der Waals surface area (Å²) in [6.45, 7) is 4.11. The lowest BCUT2D eigenvalue weighted by molar-refractivity contribution is 0.0974. The van der Waals surface area contributed by atoms with Gasteiger partial charge in [-0.2, -0.15) is 0 Å². The molecule has 2 nitrogen and oxygen atoms in total. The van der Waals surface area contributed by atoms with E-state index in [-0.39, 0.29) is 6.10 Å². The van der Waals surface area contributed by atoms with Gasteiger partial charge in [-0.25, -0.2) is 0 Å². The molecule has 0 rings (SSSR count). The van der Waals surface area contributed by atoms with Crippen LogP contribution in [0.2, 0.25) is 0 Å². The number of allylic oxidation sites excluding steroid dienone is 1. The van der Waals surface area contributed by atoms with Crippen molar-refractivity contribution in [2.45, 2.75) is 26.4 Å². The fraction of sp³-hybridized carbons (Fsp3) is 0.714. The van der Waals surface area contributed by atoms with Crippen LogP contribution in [0.4, 0.5) is 0 Å². The summed E-state index contributed by atoms with van der Waals surface area (Å²) in [5, 5.41) is 8.69. The number of aliphatic hydroxyl groups excluding tert-OH is 1. The molecule has 0 heterocycles. The minimum Gasteiger partial charge on any atom is -0.499 e. The summed E-state index contributed by atoms with van der Waals surface area (Å²) in [5.41, 5.74) is 0. The summed E-state index contributed by atoms with van der Waals surface area (Å²) in [6.07, 6.45) is 4.13. The predicted octanol–water partition coefficient (Wildman–Crippen LogP) is 1.31. The van der Waals surface area contributed by atoms with Gasteiger partial charge in [-0.1, -0.05) is 13.0 Å². The molecule has 54 valence electrons. The van der Waals surface area contributed by atoms with Crippen LogP contribution < -0.4 is 0 Å². The molecule has 0 saturated heterocycles. The van der Waals surface area contributed by atoms with Crippen molar-refractivity contribution in [3.05, 3.63) is 12.3 Å². The molecular weight excluding hydrogens is 116 g/mol. The highest BCUT2D eigenvalue weighted by Crippen LogP contribution is 1.85. The lowest BCUT2D eigenvalue weighted by atomic mass is 10.4. The molecule has 0 spiro atoms. The monoisotopic (exact) mass is 130 g/mol. The molecule has 1 N–H and O–H groups in total. The molecule has 2 heteroatoms. The molecule has 0 amide bonds. The van der Waals surface area contributed by atoms with Crippen molar-refractivity contribution in [3.8, 4) is 0 Å². The zero-order valence-electron chi connectivity index (χ0n) is 6.00. The van der Waals surface area contributed by atoms with Gasteiger partial charge in [0.25, 0.3) is 0 Å². The summed E-state index contributed by atoms with van der Waals surface area (Å²) in [5.74, 6) is 0. The van der Waals surface area contributed by atoms with Crippen molar-refractivity contribution in [2.24, 2.45) is 0 Å². The lowest BCUT2D eigenvalue weighted by Gasteiger charge is -2.01. The third kappa shape index (κ3) is 7.50. The third-order valence-electron chi connectivity index (χ3n) is 0.766. The Morgan fingerprint density at radius 3 is 2.78 bits per heavy atom. The first-order chi connectivity index (χ1) is 4.27. The van der Waals surface area contributed by atoms with E-state index in [9.17, 15) is 0 Å². The maximum absolute atomic E-state index is 8.69. The maximum atomic E-state index is 8.69. The molecule has 0 radical (unpaired) electrons. The van der Waals surface area contributed by atoms with Crippen molar-refractivity contribution in [3.63, 3.8) is 0 Å². The summed E-state index contributed by atoms with van der Waals surface area (Å²) >= 11 is 0. The zero-order chi connectivity index (χ0) is 7.11. The van der Waals surface area contributed by atoms with E-state index in [1.165, 1.54) is 0 Å². The van der Waals surface area contributed by atoms with Gasteiger partial charge in [0.1, 0.15) is 6.61 Å². The maximum Gasteiger partial charge on any atom is 0.113 e. The minimum atomic E-state index is -0.369. The van der Waals surface area contributed by atoms with Crippen molar-refractivity contribution in [2.75, 3.05) is 6.61 Å². The Bertz CT molecular complexity index is 77.0. The Hall–Kier alpha value is -0.500. The van der Waals surface area contributed by atoms with Crippen LogP contribution >= 0.6 is 0 Å². The second-order valence-electron chi connectivity index (χ2n) is 1.96. The van der Waals surface area contributed by atoms with Crippen LogP contribution in [0.5, 0.6) is 0 Å². The highest BCUT2D eigenvalue weighted by molar-refractivity contribution is 4.70. The molecular formula is C7H14O2. The quantitative estimate of drug-likeness (QED) is 0.581. The first-order valence-corrected chi connectivity index (χ1v) is 3.22. The molecule has 0 aromatic heterocycles. The largest absolute Gasteiger partial charge is 0.499 e. The fourth-order valence-electron chi connectivity index (χ4n) is 0.359. The van der Waals surface area contributed by atoms with Gasteiger partial charge in [0, 0.05) is 0 Å². The molecule has 0 aliphatic carbocycles. The van der Waals surface area contributed by atoms with Crippen molar-refractivity contribution < 1.29 is 9.84 Å². The predicted molar refractivity (Wildman–Crippen MR) is 37.1 cm³/mol. The Morgan fingerprint density at radius 2 is 2.33 bits per heavy atom. The summed E-state index contributed by atoms with van der Waals surface area (Å²) in [6, 6.07) is 0. The Morgan fingerprint density at radius 1 is 1.67 bits per heavy atom. The van der Waals surface area contributed by atoms with Crippen LogP contribution in [-0.4, -0.2) is 17.8 Å². The number of hydrogen-bond donors (Lipinski definition) is 1. The number of ether oxygens (including phenoxy) is 1. The summed E-state index contributed by atoms with van der Waals surface area (Å²) in [4.78, 5) is 0. The van der Waals surface area contributed by atoms with Crippen molar-refractivity contribution >= 4 is 0 Å². The Kier molecular flexibility index (Phi) is 5.32. The molecule has 0 aliphatic heterocycles. The van der Waals surface area contributed by atoms with Crippen LogP contribution in [0.1, 0.15) is 20.3 Å². The van der Waals surface area contributed by atoms with Crippen LogP contribution in [-0.2, 0) is 4.74 Å². The van der Waals surface area contributed by atoms with Crippen LogP contribution in [0.25, 0.3) is 0 Å². The van der Waals surface area contributed by atoms with Crippen LogP contribution in [0, 0.1) is 0 Å². The second kappa shape index (κ2) is 5.63. The standard InChI is InChI=1S/C7H14O2/c1-3-4-5-9-6-7(2)8/h4-5,7-8H,3,6H2,1-2H3/b5-4+. The van der Waals surface area contributed by atoms with Gasteiger partial charge in [0.15, 0.2) is 0 Å². The van der Waals surface area contributed by atoms with Gasteiger partial charge in [0.2, 0.25) is 0 Å². The highest BCUT2D eigenvalue weighted by Gasteiger charge is 1.89. The molecule has 9 heavy (non-hydrogen) atoms. The van der Waals surface area contributed by atoms with E-state index in [2.05, 4.69) is 0 Å². The molecule has 0 aliphatic rings. The average molecular weight is 130 g/mol. The number of hydrogen-bond acceptors (Lipinski definition) is 2. The summed E-state index contributed by atoms with van der Waals surface area (Å²) < 4.78 is 4.90. The van der Waals surface area contributed by atoms with Gasteiger partial charge in [-0.05, 0) is 13.3 Å². The first-order valence-electron chi connectivity index (χ1n) is 3.22. The summed E-state index contributed by atoms with van der Waals surface area (Å²) in [7, 11) is 0. The smallest absolute Gasteiger partial charge is 0.113 e. The van der Waals surface area contributed by atoms with Gasteiger partial charge in [-0.3, -0.25) is 0 Å². The van der Waals surface area contributed by atoms with Gasteiger partial charge >= 0.3 is 0 Å². The SMILES string of the molecule is CC/C=C/OCC(C)O. The number of rotatable bonds is 4. The minimum absolute atomic E-state index is 0.369. The molecule has 0 saturated carbocycles. The van der Waals surface area contributed by atoms with E-state index in [1.54, 1.807) is 13.2 Å². The van der Waals surface area contributed by atoms with E-state index >= 15 is 0 Å². The molecule has 1 unspecified atom stereocenters. The van der Waals surface area contributed by atoms with E-state index in [4.69, 9.17) is 9.84 Å². The van der Waals surface area contributed by atoms with E-state index in [0.717, 1.165) is 6.42 Å². The van der Waals surface area contributed by atoms with Crippen molar-refractivity contribution in [1.29, 1.82) is 0 Å². The topological polar surface area (TPSA) is 29.5 Å². The third-order valence-corrected chi connectivity index (χ3v) is 0.766. The normalized spacial score (nSPS) is 14.1. The van der Waals surface area contributed by atoms with Crippen LogP contribution in [0.3, 0.4) is 0 Å². The Balaban J connectivity index is 2.99. The highest BCUT2D eigenvalue weighted by atomic mass is 16.5. The first kappa shape index (κ1) is 8.50. The van der Waals surface area contributed by atoms with Crippen LogP contribution in [0.15, 0.2) is 12.3 Å². The zero-order valence-corrected chi connectivity index (χ0v) is 6.00. The van der Waals surface area contributed by atoms with Gasteiger partial charge in [-0.15, -0.1) is 0 Å². The molecule has 0 aromatic carbocycles. The van der Waals surface area contributed by atoms with Gasteiger partial charge < -0.3 is 9.84 Å². The van der Waals surface area contributed by atoms with E-state index in [0.29, 0.717) is 6.61 Å². The average Bonchev–Trinajstić information content (AvgIpc) is 1.80. The van der Waals surface area contributed by atoms with Crippen molar-refractivity contribution in [1.82, 2.24) is 0 Å². The van der Waals surface area contributed by atoms with E-state index in [1.807, 2.05) is 13.0 Å². The molecule has 0 aromatic rings. The van der Waals surface area contributed by atoms with E-state index < -0.39 is 0 Å².